The first-order valence-corrected chi connectivity index (χ1v) is 8.75. The van der Waals surface area contributed by atoms with E-state index in [-0.39, 0.29) is 37.0 Å². The third-order valence-corrected chi connectivity index (χ3v) is 5.59. The Morgan fingerprint density at radius 3 is 2.80 bits per heavy atom. The molecule has 1 saturated carbocycles. The number of rotatable bonds is 5. The zero-order chi connectivity index (χ0) is 18.2. The third-order valence-electron chi connectivity index (χ3n) is 5.59. The van der Waals surface area contributed by atoms with Crippen LogP contribution in [0.5, 0.6) is 0 Å². The quantitative estimate of drug-likeness (QED) is 0.531. The molecule has 0 aromatic rings. The average Bonchev–Trinajstić information content (AvgIpc) is 3.03. The standard InChI is InChI=1S/C16H24F2N4O3/c17-16(18)5-9-7-21-12(10(9)6-16)15(25)22-11(13(19)23)4-8-2-1-3-20-14(8)24/h8-12,21H,1-7H2,(H2,19,23)(H,20,24)(H,22,25)/t8-,9-,10-,11-,12-/m0/s1. The SMILES string of the molecule is NC(=O)[C@H](C[C@@H]1CCCNC1=O)NC(=O)[C@H]1NC[C@@H]2CC(F)(F)C[C@@H]21. The maximum atomic E-state index is 13.6. The maximum absolute atomic E-state index is 13.6. The summed E-state index contributed by atoms with van der Waals surface area (Å²) in [5.41, 5.74) is 5.37. The van der Waals surface area contributed by atoms with Gasteiger partial charge in [-0.25, -0.2) is 8.78 Å². The van der Waals surface area contributed by atoms with Crippen molar-refractivity contribution in [2.75, 3.05) is 13.1 Å². The number of halogens is 2. The molecule has 3 amide bonds. The van der Waals surface area contributed by atoms with Crippen molar-refractivity contribution in [1.82, 2.24) is 16.0 Å². The number of carbonyl (C=O) groups excluding carboxylic acids is 3. The molecule has 5 N–H and O–H groups in total. The number of primary amides is 1. The van der Waals surface area contributed by atoms with Gasteiger partial charge in [-0.1, -0.05) is 0 Å². The molecule has 0 spiro atoms. The van der Waals surface area contributed by atoms with Gasteiger partial charge in [-0.3, -0.25) is 14.4 Å². The number of piperidine rings is 1. The summed E-state index contributed by atoms with van der Waals surface area (Å²) in [6.45, 7) is 0.969. The molecule has 9 heteroatoms. The van der Waals surface area contributed by atoms with Gasteiger partial charge in [0.1, 0.15) is 6.04 Å². The number of carbonyl (C=O) groups is 3. The molecular weight excluding hydrogens is 334 g/mol. The first kappa shape index (κ1) is 18.0. The van der Waals surface area contributed by atoms with Crippen LogP contribution in [0.2, 0.25) is 0 Å². The molecule has 0 radical (unpaired) electrons. The van der Waals surface area contributed by atoms with Crippen LogP contribution in [-0.4, -0.2) is 48.8 Å². The summed E-state index contributed by atoms with van der Waals surface area (Å²) in [4.78, 5) is 36.1. The largest absolute Gasteiger partial charge is 0.368 e. The van der Waals surface area contributed by atoms with Gasteiger partial charge < -0.3 is 21.7 Å². The lowest BCUT2D eigenvalue weighted by Crippen LogP contribution is -2.53. The van der Waals surface area contributed by atoms with E-state index < -0.39 is 35.7 Å². The molecule has 25 heavy (non-hydrogen) atoms. The lowest BCUT2D eigenvalue weighted by atomic mass is 9.90. The maximum Gasteiger partial charge on any atom is 0.248 e. The van der Waals surface area contributed by atoms with Crippen molar-refractivity contribution in [3.63, 3.8) is 0 Å². The minimum absolute atomic E-state index is 0.129. The summed E-state index contributed by atoms with van der Waals surface area (Å²) in [5.74, 6) is -5.17. The van der Waals surface area contributed by atoms with Crippen molar-refractivity contribution in [2.24, 2.45) is 23.5 Å². The van der Waals surface area contributed by atoms with Gasteiger partial charge in [0.2, 0.25) is 23.6 Å². The molecule has 0 unspecified atom stereocenters. The van der Waals surface area contributed by atoms with E-state index in [1.807, 2.05) is 0 Å². The van der Waals surface area contributed by atoms with E-state index in [0.29, 0.717) is 19.5 Å². The Balaban J connectivity index is 1.61. The second-order valence-corrected chi connectivity index (χ2v) is 7.40. The molecule has 5 atom stereocenters. The van der Waals surface area contributed by atoms with E-state index in [0.717, 1.165) is 6.42 Å². The van der Waals surface area contributed by atoms with Crippen LogP contribution in [0.3, 0.4) is 0 Å². The highest BCUT2D eigenvalue weighted by atomic mass is 19.3. The fourth-order valence-corrected chi connectivity index (χ4v) is 4.31. The molecule has 0 aromatic heterocycles. The number of amides is 3. The monoisotopic (exact) mass is 358 g/mol. The normalized spacial score (nSPS) is 34.9. The van der Waals surface area contributed by atoms with Crippen LogP contribution in [0.15, 0.2) is 0 Å². The van der Waals surface area contributed by atoms with Gasteiger partial charge in [0.05, 0.1) is 6.04 Å². The van der Waals surface area contributed by atoms with Crippen LogP contribution in [-0.2, 0) is 14.4 Å². The molecule has 3 aliphatic rings. The molecular formula is C16H24F2N4O3. The summed E-state index contributed by atoms with van der Waals surface area (Å²) in [7, 11) is 0. The third kappa shape index (κ3) is 3.91. The van der Waals surface area contributed by atoms with Crippen molar-refractivity contribution < 1.29 is 23.2 Å². The van der Waals surface area contributed by atoms with Gasteiger partial charge >= 0.3 is 0 Å². The zero-order valence-corrected chi connectivity index (χ0v) is 13.9. The first-order chi connectivity index (χ1) is 11.8. The molecule has 2 saturated heterocycles. The summed E-state index contributed by atoms with van der Waals surface area (Å²) < 4.78 is 27.1. The number of alkyl halides is 2. The summed E-state index contributed by atoms with van der Waals surface area (Å²) >= 11 is 0. The van der Waals surface area contributed by atoms with Crippen molar-refractivity contribution in [3.05, 3.63) is 0 Å². The Bertz CT molecular complexity index is 572. The molecule has 3 rings (SSSR count). The second-order valence-electron chi connectivity index (χ2n) is 7.40. The number of fused-ring (bicyclic) bond motifs is 1. The van der Waals surface area contributed by atoms with Gasteiger partial charge in [0.15, 0.2) is 0 Å². The number of nitrogens with one attached hydrogen (secondary N) is 3. The van der Waals surface area contributed by atoms with Crippen molar-refractivity contribution in [2.45, 2.75) is 50.1 Å². The molecule has 2 aliphatic heterocycles. The predicted molar refractivity (Wildman–Crippen MR) is 84.4 cm³/mol. The minimum atomic E-state index is -2.74. The van der Waals surface area contributed by atoms with E-state index in [4.69, 9.17) is 5.73 Å². The molecule has 0 bridgehead atoms. The highest BCUT2D eigenvalue weighted by Gasteiger charge is 2.53. The average molecular weight is 358 g/mol. The highest BCUT2D eigenvalue weighted by molar-refractivity contribution is 5.90. The van der Waals surface area contributed by atoms with Crippen LogP contribution in [0, 0.1) is 17.8 Å². The van der Waals surface area contributed by atoms with Crippen LogP contribution in [0.25, 0.3) is 0 Å². The van der Waals surface area contributed by atoms with Gasteiger partial charge in [-0.15, -0.1) is 0 Å². The fourth-order valence-electron chi connectivity index (χ4n) is 4.31. The summed E-state index contributed by atoms with van der Waals surface area (Å²) in [5, 5.41) is 8.27. The van der Waals surface area contributed by atoms with Gasteiger partial charge in [-0.05, 0) is 37.6 Å². The highest BCUT2D eigenvalue weighted by Crippen LogP contribution is 2.46. The summed E-state index contributed by atoms with van der Waals surface area (Å²) in [6, 6.07) is -1.73. The van der Waals surface area contributed by atoms with E-state index in [9.17, 15) is 23.2 Å². The van der Waals surface area contributed by atoms with E-state index >= 15 is 0 Å². The van der Waals surface area contributed by atoms with Crippen LogP contribution in [0.4, 0.5) is 8.78 Å². The molecule has 0 aromatic carbocycles. The molecule has 2 heterocycles. The van der Waals surface area contributed by atoms with E-state index in [1.165, 1.54) is 0 Å². The second kappa shape index (κ2) is 6.86. The molecule has 3 fully saturated rings. The van der Waals surface area contributed by atoms with E-state index in [1.54, 1.807) is 0 Å². The smallest absolute Gasteiger partial charge is 0.248 e. The van der Waals surface area contributed by atoms with Crippen LogP contribution < -0.4 is 21.7 Å². The number of hydrogen-bond donors (Lipinski definition) is 4. The Hall–Kier alpha value is -1.77. The molecule has 7 nitrogen and oxygen atoms in total. The zero-order valence-electron chi connectivity index (χ0n) is 13.9. The van der Waals surface area contributed by atoms with Crippen molar-refractivity contribution in [1.29, 1.82) is 0 Å². The van der Waals surface area contributed by atoms with Gasteiger partial charge in [-0.2, -0.15) is 0 Å². The topological polar surface area (TPSA) is 113 Å². The van der Waals surface area contributed by atoms with Gasteiger partial charge in [0, 0.05) is 25.3 Å². The van der Waals surface area contributed by atoms with Crippen molar-refractivity contribution in [3.8, 4) is 0 Å². The molecule has 1 aliphatic carbocycles. The Morgan fingerprint density at radius 2 is 2.12 bits per heavy atom. The lowest BCUT2D eigenvalue weighted by Gasteiger charge is -2.27. The number of nitrogens with two attached hydrogens (primary N) is 1. The fraction of sp³-hybridized carbons (Fsp3) is 0.812. The Kier molecular flexibility index (Phi) is 4.95. The Morgan fingerprint density at radius 1 is 1.36 bits per heavy atom. The first-order valence-electron chi connectivity index (χ1n) is 8.75. The van der Waals surface area contributed by atoms with E-state index in [2.05, 4.69) is 16.0 Å². The molecule has 140 valence electrons. The van der Waals surface area contributed by atoms with Gasteiger partial charge in [0.25, 0.3) is 0 Å². The lowest BCUT2D eigenvalue weighted by molar-refractivity contribution is -0.131. The van der Waals surface area contributed by atoms with Crippen molar-refractivity contribution >= 4 is 17.7 Å². The Labute approximate surface area is 144 Å². The summed E-state index contributed by atoms with van der Waals surface area (Å²) in [6.07, 6.45) is 1.03. The number of hydrogen-bond acceptors (Lipinski definition) is 4. The predicted octanol–water partition coefficient (Wildman–Crippen LogP) is -0.494. The van der Waals surface area contributed by atoms with Crippen LogP contribution >= 0.6 is 0 Å². The van der Waals surface area contributed by atoms with Crippen LogP contribution in [0.1, 0.15) is 32.1 Å². The minimum Gasteiger partial charge on any atom is -0.368 e.